The van der Waals surface area contributed by atoms with Crippen LogP contribution < -0.4 is 10.1 Å². The van der Waals surface area contributed by atoms with Crippen molar-refractivity contribution in [2.75, 3.05) is 13.7 Å². The van der Waals surface area contributed by atoms with Crippen molar-refractivity contribution < 1.29 is 14.8 Å². The molecule has 17 heavy (non-hydrogen) atoms. The van der Waals surface area contributed by atoms with Gasteiger partial charge in [-0.3, -0.25) is 10.1 Å². The van der Waals surface area contributed by atoms with Crippen LogP contribution in [-0.4, -0.2) is 23.7 Å². The molecule has 1 saturated heterocycles. The highest BCUT2D eigenvalue weighted by molar-refractivity contribution is 5.57. The topological polar surface area (TPSA) is 84.6 Å². The fourth-order valence-electron chi connectivity index (χ4n) is 2.08. The van der Waals surface area contributed by atoms with Gasteiger partial charge < -0.3 is 15.2 Å². The van der Waals surface area contributed by atoms with E-state index >= 15 is 0 Å². The van der Waals surface area contributed by atoms with E-state index in [9.17, 15) is 15.2 Å². The number of nitro groups is 1. The van der Waals surface area contributed by atoms with Gasteiger partial charge in [-0.25, -0.2) is 0 Å². The smallest absolute Gasteiger partial charge is 0.314 e. The van der Waals surface area contributed by atoms with Gasteiger partial charge in [0.05, 0.1) is 12.0 Å². The number of benzene rings is 1. The third kappa shape index (κ3) is 2.16. The average molecular weight is 238 g/mol. The molecule has 1 aliphatic rings. The second-order valence-corrected chi connectivity index (χ2v) is 4.00. The molecule has 1 fully saturated rings. The Morgan fingerprint density at radius 3 is 2.88 bits per heavy atom. The molecule has 92 valence electrons. The van der Waals surface area contributed by atoms with Crippen LogP contribution in [0.4, 0.5) is 5.69 Å². The summed E-state index contributed by atoms with van der Waals surface area (Å²) < 4.78 is 4.95. The van der Waals surface area contributed by atoms with Crippen molar-refractivity contribution in [3.05, 3.63) is 27.8 Å². The van der Waals surface area contributed by atoms with Gasteiger partial charge in [0, 0.05) is 12.1 Å². The largest absolute Gasteiger partial charge is 0.500 e. The molecule has 0 aromatic heterocycles. The Balaban J connectivity index is 2.46. The van der Waals surface area contributed by atoms with Gasteiger partial charge in [0.15, 0.2) is 5.75 Å². The molecule has 1 aromatic rings. The van der Waals surface area contributed by atoms with E-state index in [1.54, 1.807) is 6.07 Å². The molecule has 1 aromatic carbocycles. The lowest BCUT2D eigenvalue weighted by Crippen LogP contribution is -2.13. The first-order valence-corrected chi connectivity index (χ1v) is 5.42. The van der Waals surface area contributed by atoms with E-state index in [0.717, 1.165) is 24.9 Å². The summed E-state index contributed by atoms with van der Waals surface area (Å²) >= 11 is 0. The monoisotopic (exact) mass is 238 g/mol. The summed E-state index contributed by atoms with van der Waals surface area (Å²) in [6.07, 6.45) is 1.98. The Morgan fingerprint density at radius 2 is 2.35 bits per heavy atom. The van der Waals surface area contributed by atoms with Gasteiger partial charge in [-0.15, -0.1) is 0 Å². The standard InChI is InChI=1S/C11H14N2O4/c1-17-10-6-7(8-3-2-4-12-8)5-9(11(10)14)13(15)16/h5-6,8,12,14H,2-4H2,1H3/t8-/m1/s1. The molecule has 0 unspecified atom stereocenters. The van der Waals surface area contributed by atoms with Crippen molar-refractivity contribution in [1.82, 2.24) is 5.32 Å². The number of nitrogens with one attached hydrogen (secondary N) is 1. The van der Waals surface area contributed by atoms with Crippen LogP contribution in [0.15, 0.2) is 12.1 Å². The number of phenols is 1. The number of nitrogens with zero attached hydrogens (tertiary/aromatic N) is 1. The third-order valence-corrected chi connectivity index (χ3v) is 2.96. The van der Waals surface area contributed by atoms with Gasteiger partial charge >= 0.3 is 5.69 Å². The van der Waals surface area contributed by atoms with E-state index < -0.39 is 10.7 Å². The van der Waals surface area contributed by atoms with Gasteiger partial charge in [0.25, 0.3) is 0 Å². The summed E-state index contributed by atoms with van der Waals surface area (Å²) in [5, 5.41) is 23.7. The number of hydrogen-bond acceptors (Lipinski definition) is 5. The summed E-state index contributed by atoms with van der Waals surface area (Å²) in [6, 6.07) is 3.15. The fourth-order valence-corrected chi connectivity index (χ4v) is 2.08. The molecular weight excluding hydrogens is 224 g/mol. The van der Waals surface area contributed by atoms with Crippen LogP contribution in [0.25, 0.3) is 0 Å². The molecule has 0 radical (unpaired) electrons. The number of ether oxygens (including phenoxy) is 1. The van der Waals surface area contributed by atoms with E-state index in [1.807, 2.05) is 0 Å². The molecule has 6 nitrogen and oxygen atoms in total. The minimum Gasteiger partial charge on any atom is -0.500 e. The number of nitro benzene ring substituents is 1. The third-order valence-electron chi connectivity index (χ3n) is 2.96. The molecule has 2 rings (SSSR count). The van der Waals surface area contributed by atoms with Crippen LogP contribution in [0, 0.1) is 10.1 Å². The molecule has 1 heterocycles. The van der Waals surface area contributed by atoms with E-state index in [0.29, 0.717) is 0 Å². The van der Waals surface area contributed by atoms with Crippen molar-refractivity contribution in [3.63, 3.8) is 0 Å². The summed E-state index contributed by atoms with van der Waals surface area (Å²) in [5.41, 5.74) is 0.469. The van der Waals surface area contributed by atoms with Crippen molar-refractivity contribution in [3.8, 4) is 11.5 Å². The Bertz CT molecular complexity index is 441. The fraction of sp³-hybridized carbons (Fsp3) is 0.455. The van der Waals surface area contributed by atoms with E-state index in [1.165, 1.54) is 13.2 Å². The van der Waals surface area contributed by atoms with Crippen molar-refractivity contribution in [2.45, 2.75) is 18.9 Å². The van der Waals surface area contributed by atoms with Gasteiger partial charge in [0.1, 0.15) is 0 Å². The van der Waals surface area contributed by atoms with Gasteiger partial charge in [-0.1, -0.05) is 0 Å². The van der Waals surface area contributed by atoms with E-state index in [4.69, 9.17) is 4.74 Å². The van der Waals surface area contributed by atoms with Crippen LogP contribution in [0.1, 0.15) is 24.4 Å². The SMILES string of the molecule is COc1cc([C@H]2CCCN2)cc([N+](=O)[O-])c1O. The zero-order valence-electron chi connectivity index (χ0n) is 9.47. The van der Waals surface area contributed by atoms with Crippen molar-refractivity contribution >= 4 is 5.69 Å². The molecule has 0 bridgehead atoms. The van der Waals surface area contributed by atoms with E-state index in [2.05, 4.69) is 5.32 Å². The minimum absolute atomic E-state index is 0.100. The van der Waals surface area contributed by atoms with Crippen LogP contribution >= 0.6 is 0 Å². The number of rotatable bonds is 3. The molecule has 0 saturated carbocycles. The number of methoxy groups -OCH3 is 1. The number of phenolic OH excluding ortho intramolecular Hbond substituents is 1. The van der Waals surface area contributed by atoms with Crippen LogP contribution in [0.2, 0.25) is 0 Å². The summed E-state index contributed by atoms with van der Waals surface area (Å²) in [7, 11) is 1.38. The second-order valence-electron chi connectivity index (χ2n) is 4.00. The Morgan fingerprint density at radius 1 is 1.59 bits per heavy atom. The normalized spacial score (nSPS) is 19.2. The summed E-state index contributed by atoms with van der Waals surface area (Å²) in [6.45, 7) is 0.904. The zero-order chi connectivity index (χ0) is 12.4. The zero-order valence-corrected chi connectivity index (χ0v) is 9.47. The average Bonchev–Trinajstić information content (AvgIpc) is 2.82. The molecule has 1 aliphatic heterocycles. The lowest BCUT2D eigenvalue weighted by molar-refractivity contribution is -0.386. The summed E-state index contributed by atoms with van der Waals surface area (Å²) in [5.74, 6) is -0.276. The number of aromatic hydroxyl groups is 1. The van der Waals surface area contributed by atoms with Crippen LogP contribution in [0.5, 0.6) is 11.5 Å². The maximum Gasteiger partial charge on any atom is 0.314 e. The maximum absolute atomic E-state index is 10.8. The quantitative estimate of drug-likeness (QED) is 0.618. The van der Waals surface area contributed by atoms with Crippen molar-refractivity contribution in [2.24, 2.45) is 0 Å². The Kier molecular flexibility index (Phi) is 3.14. The first-order chi connectivity index (χ1) is 8.13. The highest BCUT2D eigenvalue weighted by Gasteiger charge is 2.24. The highest BCUT2D eigenvalue weighted by Crippen LogP contribution is 2.39. The molecule has 0 spiro atoms. The lowest BCUT2D eigenvalue weighted by Gasteiger charge is -2.13. The Labute approximate surface area is 98.4 Å². The lowest BCUT2D eigenvalue weighted by atomic mass is 10.0. The van der Waals surface area contributed by atoms with Gasteiger partial charge in [-0.2, -0.15) is 0 Å². The number of hydrogen-bond donors (Lipinski definition) is 2. The molecule has 2 N–H and O–H groups in total. The first kappa shape index (κ1) is 11.7. The van der Waals surface area contributed by atoms with Crippen LogP contribution in [-0.2, 0) is 0 Å². The summed E-state index contributed by atoms with van der Waals surface area (Å²) in [4.78, 5) is 10.2. The second kappa shape index (κ2) is 4.58. The highest BCUT2D eigenvalue weighted by atomic mass is 16.6. The molecular formula is C11H14N2O4. The van der Waals surface area contributed by atoms with Crippen LogP contribution in [0.3, 0.4) is 0 Å². The Hall–Kier alpha value is -1.82. The molecule has 1 atom stereocenters. The predicted octanol–water partition coefficient (Wildman–Crippen LogP) is 1.73. The van der Waals surface area contributed by atoms with Gasteiger partial charge in [0.2, 0.25) is 5.75 Å². The predicted molar refractivity (Wildman–Crippen MR) is 61.3 cm³/mol. The van der Waals surface area contributed by atoms with E-state index in [-0.39, 0.29) is 17.5 Å². The van der Waals surface area contributed by atoms with Crippen molar-refractivity contribution in [1.29, 1.82) is 0 Å². The molecule has 0 aliphatic carbocycles. The van der Waals surface area contributed by atoms with Gasteiger partial charge in [-0.05, 0) is 31.0 Å². The molecule has 0 amide bonds. The first-order valence-electron chi connectivity index (χ1n) is 5.42. The maximum atomic E-state index is 10.8. The molecule has 6 heteroatoms. The minimum atomic E-state index is -0.601.